The molecule has 20 heavy (non-hydrogen) atoms. The van der Waals surface area contributed by atoms with E-state index >= 15 is 0 Å². The van der Waals surface area contributed by atoms with E-state index < -0.39 is 0 Å². The summed E-state index contributed by atoms with van der Waals surface area (Å²) < 4.78 is 1.40. The third-order valence-electron chi connectivity index (χ3n) is 5.07. The van der Waals surface area contributed by atoms with Crippen molar-refractivity contribution in [2.24, 2.45) is 5.41 Å². The minimum absolute atomic E-state index is 0.469. The van der Waals surface area contributed by atoms with Crippen molar-refractivity contribution in [1.82, 2.24) is 5.32 Å². The highest BCUT2D eigenvalue weighted by Gasteiger charge is 2.32. The van der Waals surface area contributed by atoms with Crippen LogP contribution in [0.1, 0.15) is 56.9 Å². The Labute approximate surface area is 126 Å². The maximum atomic E-state index is 3.80. The van der Waals surface area contributed by atoms with Crippen LogP contribution >= 0.6 is 11.3 Å². The first-order valence-corrected chi connectivity index (χ1v) is 8.76. The maximum absolute atomic E-state index is 3.80. The lowest BCUT2D eigenvalue weighted by Gasteiger charge is -2.29. The summed E-state index contributed by atoms with van der Waals surface area (Å²) in [5.41, 5.74) is 0.574. The molecule has 1 heterocycles. The van der Waals surface area contributed by atoms with Crippen molar-refractivity contribution in [3.63, 3.8) is 0 Å². The summed E-state index contributed by atoms with van der Waals surface area (Å²) in [6.07, 6.45) is 6.99. The molecule has 0 bridgehead atoms. The molecule has 1 unspecified atom stereocenters. The van der Waals surface area contributed by atoms with Gasteiger partial charge in [-0.1, -0.05) is 38.0 Å². The Bertz CT molecular complexity index is 533. The monoisotopic (exact) mass is 287 g/mol. The van der Waals surface area contributed by atoms with Crippen LogP contribution in [0.2, 0.25) is 0 Å². The molecule has 0 aliphatic heterocycles. The van der Waals surface area contributed by atoms with E-state index in [4.69, 9.17) is 0 Å². The van der Waals surface area contributed by atoms with Crippen molar-refractivity contribution < 1.29 is 0 Å². The second kappa shape index (κ2) is 5.87. The molecular formula is C18H25NS. The topological polar surface area (TPSA) is 12.0 Å². The van der Waals surface area contributed by atoms with Crippen molar-refractivity contribution in [3.8, 4) is 0 Å². The average molecular weight is 287 g/mol. The predicted octanol–water partition coefficient (Wildman–Crippen LogP) is 5.52. The highest BCUT2D eigenvalue weighted by Crippen LogP contribution is 2.41. The Morgan fingerprint density at radius 3 is 2.70 bits per heavy atom. The molecule has 1 saturated carbocycles. The van der Waals surface area contributed by atoms with E-state index in [1.807, 2.05) is 11.3 Å². The number of hydrogen-bond acceptors (Lipinski definition) is 2. The van der Waals surface area contributed by atoms with Gasteiger partial charge in [0, 0.05) is 22.2 Å². The van der Waals surface area contributed by atoms with Crippen molar-refractivity contribution in [2.75, 3.05) is 6.54 Å². The summed E-state index contributed by atoms with van der Waals surface area (Å²) in [6.45, 7) is 5.85. The lowest BCUT2D eigenvalue weighted by atomic mass is 9.83. The summed E-state index contributed by atoms with van der Waals surface area (Å²) in [7, 11) is 0. The SMILES string of the molecule is CCC1(CNC(C)c2cc3ccccc3s2)CCCC1. The van der Waals surface area contributed by atoms with Crippen LogP contribution in [0.3, 0.4) is 0 Å². The summed E-state index contributed by atoms with van der Waals surface area (Å²) in [5.74, 6) is 0. The molecule has 0 radical (unpaired) electrons. The number of benzene rings is 1. The number of fused-ring (bicyclic) bond motifs is 1. The van der Waals surface area contributed by atoms with Crippen molar-refractivity contribution in [1.29, 1.82) is 0 Å². The highest BCUT2D eigenvalue weighted by molar-refractivity contribution is 7.19. The van der Waals surface area contributed by atoms with E-state index in [9.17, 15) is 0 Å². The number of hydrogen-bond donors (Lipinski definition) is 1. The molecule has 3 rings (SSSR count). The average Bonchev–Trinajstić information content (AvgIpc) is 3.12. The van der Waals surface area contributed by atoms with Gasteiger partial charge in [0.05, 0.1) is 0 Å². The van der Waals surface area contributed by atoms with Crippen LogP contribution in [-0.4, -0.2) is 6.54 Å². The molecule has 2 aromatic rings. The van der Waals surface area contributed by atoms with Gasteiger partial charge in [0.1, 0.15) is 0 Å². The van der Waals surface area contributed by atoms with Gasteiger partial charge in [-0.3, -0.25) is 0 Å². The molecule has 1 aromatic heterocycles. The maximum Gasteiger partial charge on any atom is 0.0386 e. The molecule has 2 heteroatoms. The molecule has 0 spiro atoms. The van der Waals surface area contributed by atoms with Crippen LogP contribution in [-0.2, 0) is 0 Å². The van der Waals surface area contributed by atoms with Crippen LogP contribution in [0.5, 0.6) is 0 Å². The van der Waals surface area contributed by atoms with Gasteiger partial charge in [-0.25, -0.2) is 0 Å². The zero-order valence-corrected chi connectivity index (χ0v) is 13.4. The molecule has 1 fully saturated rings. The molecule has 1 atom stereocenters. The Kier molecular flexibility index (Phi) is 4.13. The molecule has 1 aliphatic carbocycles. The van der Waals surface area contributed by atoms with Gasteiger partial charge in [0.25, 0.3) is 0 Å². The first kappa shape index (κ1) is 14.1. The van der Waals surface area contributed by atoms with Gasteiger partial charge in [0.2, 0.25) is 0 Å². The molecule has 0 saturated heterocycles. The standard InChI is InChI=1S/C18H25NS/c1-3-18(10-6-7-11-18)13-19-14(2)17-12-15-8-4-5-9-16(15)20-17/h4-5,8-9,12,14,19H,3,6-7,10-11,13H2,1-2H3. The lowest BCUT2D eigenvalue weighted by Crippen LogP contribution is -2.33. The fourth-order valence-corrected chi connectivity index (χ4v) is 4.56. The zero-order valence-electron chi connectivity index (χ0n) is 12.6. The van der Waals surface area contributed by atoms with E-state index in [0.29, 0.717) is 11.5 Å². The molecule has 1 N–H and O–H groups in total. The predicted molar refractivity (Wildman–Crippen MR) is 89.4 cm³/mol. The largest absolute Gasteiger partial charge is 0.309 e. The van der Waals surface area contributed by atoms with Crippen LogP contribution in [0.4, 0.5) is 0 Å². The minimum atomic E-state index is 0.469. The fourth-order valence-electron chi connectivity index (χ4n) is 3.47. The Morgan fingerprint density at radius 2 is 2.00 bits per heavy atom. The van der Waals surface area contributed by atoms with Crippen molar-refractivity contribution in [3.05, 3.63) is 35.2 Å². The van der Waals surface area contributed by atoms with Crippen LogP contribution in [0.15, 0.2) is 30.3 Å². The summed E-state index contributed by atoms with van der Waals surface area (Å²) in [6, 6.07) is 11.5. The second-order valence-corrected chi connectivity index (χ2v) is 7.47. The number of thiophene rings is 1. The fraction of sp³-hybridized carbons (Fsp3) is 0.556. The second-order valence-electron chi connectivity index (χ2n) is 6.35. The molecule has 1 aromatic carbocycles. The van der Waals surface area contributed by atoms with Gasteiger partial charge in [0.15, 0.2) is 0 Å². The minimum Gasteiger partial charge on any atom is -0.309 e. The third kappa shape index (κ3) is 2.77. The summed E-state index contributed by atoms with van der Waals surface area (Å²) in [4.78, 5) is 1.47. The first-order chi connectivity index (χ1) is 9.72. The Morgan fingerprint density at radius 1 is 1.25 bits per heavy atom. The van der Waals surface area contributed by atoms with Gasteiger partial charge in [-0.05, 0) is 49.1 Å². The van der Waals surface area contributed by atoms with Crippen molar-refractivity contribution in [2.45, 2.75) is 52.0 Å². The van der Waals surface area contributed by atoms with E-state index in [0.717, 1.165) is 0 Å². The zero-order chi connectivity index (χ0) is 14.0. The van der Waals surface area contributed by atoms with E-state index in [2.05, 4.69) is 49.5 Å². The summed E-state index contributed by atoms with van der Waals surface area (Å²) >= 11 is 1.93. The normalized spacial score (nSPS) is 19.5. The van der Waals surface area contributed by atoms with Crippen molar-refractivity contribution >= 4 is 21.4 Å². The van der Waals surface area contributed by atoms with E-state index in [1.165, 1.54) is 53.6 Å². The number of rotatable bonds is 5. The Hall–Kier alpha value is -0.860. The Balaban J connectivity index is 1.68. The first-order valence-electron chi connectivity index (χ1n) is 7.94. The number of nitrogens with one attached hydrogen (secondary N) is 1. The summed E-state index contributed by atoms with van der Waals surface area (Å²) in [5, 5.41) is 5.19. The van der Waals surface area contributed by atoms with Gasteiger partial charge in [-0.2, -0.15) is 0 Å². The van der Waals surface area contributed by atoms with E-state index in [-0.39, 0.29) is 0 Å². The van der Waals surface area contributed by atoms with Gasteiger partial charge < -0.3 is 5.32 Å². The smallest absolute Gasteiger partial charge is 0.0386 e. The van der Waals surface area contributed by atoms with Crippen LogP contribution in [0.25, 0.3) is 10.1 Å². The van der Waals surface area contributed by atoms with Crippen LogP contribution < -0.4 is 5.32 Å². The van der Waals surface area contributed by atoms with Gasteiger partial charge in [-0.15, -0.1) is 11.3 Å². The van der Waals surface area contributed by atoms with E-state index in [1.54, 1.807) is 0 Å². The lowest BCUT2D eigenvalue weighted by molar-refractivity contribution is 0.259. The molecule has 1 aliphatic rings. The molecule has 108 valence electrons. The molecule has 1 nitrogen and oxygen atoms in total. The third-order valence-corrected chi connectivity index (χ3v) is 6.37. The van der Waals surface area contributed by atoms with Gasteiger partial charge >= 0.3 is 0 Å². The molecule has 0 amide bonds. The van der Waals surface area contributed by atoms with Crippen LogP contribution in [0, 0.1) is 5.41 Å². The molecular weight excluding hydrogens is 262 g/mol. The highest BCUT2D eigenvalue weighted by atomic mass is 32.1. The quantitative estimate of drug-likeness (QED) is 0.763.